The van der Waals surface area contributed by atoms with Gasteiger partial charge in [0.2, 0.25) is 10.0 Å². The molecule has 1 aromatic rings. The fraction of sp³-hybridized carbons (Fsp3) is 0.538. The highest BCUT2D eigenvalue weighted by molar-refractivity contribution is 7.89. The van der Waals surface area contributed by atoms with Gasteiger partial charge in [-0.3, -0.25) is 0 Å². The molecule has 2 saturated heterocycles. The molecule has 0 spiro atoms. The van der Waals surface area contributed by atoms with Gasteiger partial charge in [0, 0.05) is 6.54 Å². The summed E-state index contributed by atoms with van der Waals surface area (Å²) in [7, 11) is -3.89. The quantitative estimate of drug-likeness (QED) is 0.865. The van der Waals surface area contributed by atoms with Crippen molar-refractivity contribution in [1.82, 2.24) is 4.72 Å². The molecule has 2 fully saturated rings. The van der Waals surface area contributed by atoms with E-state index in [9.17, 15) is 12.8 Å². The molecule has 2 bridgehead atoms. The Bertz CT molecular complexity index is 620. The van der Waals surface area contributed by atoms with Crippen molar-refractivity contribution < 1.29 is 17.5 Å². The standard InChI is InChI=1S/C13H17FN2O3S/c14-10-3-1-8(7-15)5-13(10)20(17,18)16-11-6-9-2-4-12(11)19-9/h1,3,5,9,11-12,16H,2,4,6-7,15H2. The molecule has 3 N–H and O–H groups in total. The van der Waals surface area contributed by atoms with E-state index >= 15 is 0 Å². The highest BCUT2D eigenvalue weighted by Crippen LogP contribution is 2.35. The van der Waals surface area contributed by atoms with Crippen molar-refractivity contribution in [1.29, 1.82) is 0 Å². The Balaban J connectivity index is 1.84. The number of ether oxygens (including phenoxy) is 1. The van der Waals surface area contributed by atoms with Gasteiger partial charge in [0.1, 0.15) is 10.7 Å². The molecule has 0 aliphatic carbocycles. The van der Waals surface area contributed by atoms with Crippen LogP contribution >= 0.6 is 0 Å². The average molecular weight is 300 g/mol. The lowest BCUT2D eigenvalue weighted by atomic mass is 9.96. The zero-order valence-electron chi connectivity index (χ0n) is 10.9. The molecule has 2 heterocycles. The van der Waals surface area contributed by atoms with Gasteiger partial charge >= 0.3 is 0 Å². The lowest BCUT2D eigenvalue weighted by Crippen LogP contribution is -2.41. The van der Waals surface area contributed by atoms with E-state index in [1.165, 1.54) is 12.1 Å². The van der Waals surface area contributed by atoms with E-state index in [-0.39, 0.29) is 29.7 Å². The van der Waals surface area contributed by atoms with E-state index in [0.717, 1.165) is 18.9 Å². The lowest BCUT2D eigenvalue weighted by Gasteiger charge is -2.20. The minimum absolute atomic E-state index is 0.0875. The molecule has 2 aliphatic rings. The third kappa shape index (κ3) is 2.46. The first-order chi connectivity index (χ1) is 9.49. The molecule has 110 valence electrons. The number of sulfonamides is 1. The second kappa shape index (κ2) is 5.07. The Kier molecular flexibility index (Phi) is 3.53. The summed E-state index contributed by atoms with van der Waals surface area (Å²) >= 11 is 0. The van der Waals surface area contributed by atoms with Crippen molar-refractivity contribution in [2.24, 2.45) is 5.73 Å². The molecule has 20 heavy (non-hydrogen) atoms. The number of nitrogens with two attached hydrogens (primary N) is 1. The topological polar surface area (TPSA) is 81.4 Å². The van der Waals surface area contributed by atoms with Gasteiger partial charge in [-0.15, -0.1) is 0 Å². The number of fused-ring (bicyclic) bond motifs is 2. The van der Waals surface area contributed by atoms with Gasteiger partial charge in [0.25, 0.3) is 0 Å². The fourth-order valence-corrected chi connectivity index (χ4v) is 4.31. The number of nitrogens with one attached hydrogen (secondary N) is 1. The third-order valence-electron chi connectivity index (χ3n) is 3.93. The predicted molar refractivity (Wildman–Crippen MR) is 70.9 cm³/mol. The summed E-state index contributed by atoms with van der Waals surface area (Å²) < 4.78 is 46.5. The van der Waals surface area contributed by atoms with Gasteiger partial charge in [-0.05, 0) is 37.0 Å². The van der Waals surface area contributed by atoms with Gasteiger partial charge in [-0.25, -0.2) is 17.5 Å². The number of hydrogen-bond acceptors (Lipinski definition) is 4. The average Bonchev–Trinajstić information content (AvgIpc) is 3.01. The second-order valence-electron chi connectivity index (χ2n) is 5.31. The first kappa shape index (κ1) is 13.9. The second-order valence-corrected chi connectivity index (χ2v) is 6.99. The maximum Gasteiger partial charge on any atom is 0.243 e. The van der Waals surface area contributed by atoms with Crippen LogP contribution < -0.4 is 10.5 Å². The van der Waals surface area contributed by atoms with E-state index < -0.39 is 15.8 Å². The van der Waals surface area contributed by atoms with Crippen LogP contribution in [0, 0.1) is 5.82 Å². The van der Waals surface area contributed by atoms with E-state index in [4.69, 9.17) is 10.5 Å². The smallest absolute Gasteiger partial charge is 0.243 e. The zero-order valence-corrected chi connectivity index (χ0v) is 11.7. The first-order valence-electron chi connectivity index (χ1n) is 6.66. The molecule has 0 radical (unpaired) electrons. The van der Waals surface area contributed by atoms with Crippen LogP contribution in [0.4, 0.5) is 4.39 Å². The largest absolute Gasteiger partial charge is 0.373 e. The molecule has 3 unspecified atom stereocenters. The molecule has 0 amide bonds. The van der Waals surface area contributed by atoms with Crippen molar-refractivity contribution in [2.45, 2.75) is 49.0 Å². The van der Waals surface area contributed by atoms with Gasteiger partial charge < -0.3 is 10.5 Å². The maximum absolute atomic E-state index is 13.8. The molecular formula is C13H17FN2O3S. The van der Waals surface area contributed by atoms with Crippen molar-refractivity contribution in [3.63, 3.8) is 0 Å². The predicted octanol–water partition coefficient (Wildman–Crippen LogP) is 0.883. The van der Waals surface area contributed by atoms with Gasteiger partial charge in [-0.2, -0.15) is 0 Å². The Morgan fingerprint density at radius 2 is 2.20 bits per heavy atom. The van der Waals surface area contributed by atoms with Crippen molar-refractivity contribution >= 4 is 10.0 Å². The lowest BCUT2D eigenvalue weighted by molar-refractivity contribution is 0.0996. The van der Waals surface area contributed by atoms with Gasteiger partial charge in [0.05, 0.1) is 18.2 Å². The van der Waals surface area contributed by atoms with Crippen LogP contribution in [-0.2, 0) is 21.3 Å². The van der Waals surface area contributed by atoms with E-state index in [0.29, 0.717) is 12.0 Å². The van der Waals surface area contributed by atoms with Crippen LogP contribution in [0.25, 0.3) is 0 Å². The Hall–Kier alpha value is -1.02. The summed E-state index contributed by atoms with van der Waals surface area (Å²) in [5, 5.41) is 0. The number of rotatable bonds is 4. The van der Waals surface area contributed by atoms with Crippen molar-refractivity contribution in [2.75, 3.05) is 0 Å². The fourth-order valence-electron chi connectivity index (χ4n) is 2.91. The maximum atomic E-state index is 13.8. The molecule has 3 atom stereocenters. The van der Waals surface area contributed by atoms with Gasteiger partial charge in [-0.1, -0.05) is 6.07 Å². The van der Waals surface area contributed by atoms with Crippen LogP contribution in [0.1, 0.15) is 24.8 Å². The van der Waals surface area contributed by atoms with Crippen LogP contribution in [-0.4, -0.2) is 26.7 Å². The summed E-state index contributed by atoms with van der Waals surface area (Å²) in [6, 6.07) is 3.63. The van der Waals surface area contributed by atoms with Crippen LogP contribution in [0.5, 0.6) is 0 Å². The van der Waals surface area contributed by atoms with Crippen LogP contribution in [0.2, 0.25) is 0 Å². The number of halogens is 1. The summed E-state index contributed by atoms with van der Waals surface area (Å²) in [6.07, 6.45) is 2.52. The normalized spacial score (nSPS) is 29.0. The molecule has 0 saturated carbocycles. The summed E-state index contributed by atoms with van der Waals surface area (Å²) in [5.41, 5.74) is 6.05. The SMILES string of the molecule is NCc1ccc(F)c(S(=O)(=O)NC2CC3CCC2O3)c1. The molecule has 1 aromatic carbocycles. The third-order valence-corrected chi connectivity index (χ3v) is 5.44. The van der Waals surface area contributed by atoms with Crippen molar-refractivity contribution in [3.8, 4) is 0 Å². The highest BCUT2D eigenvalue weighted by Gasteiger charge is 2.42. The van der Waals surface area contributed by atoms with Crippen LogP contribution in [0.15, 0.2) is 23.1 Å². The summed E-state index contributed by atoms with van der Waals surface area (Å²) in [5.74, 6) is -0.765. The molecule has 0 aromatic heterocycles. The van der Waals surface area contributed by atoms with E-state index in [1.54, 1.807) is 0 Å². The molecule has 3 rings (SSSR count). The molecule has 7 heteroatoms. The number of benzene rings is 1. The zero-order chi connectivity index (χ0) is 14.3. The molecule has 5 nitrogen and oxygen atoms in total. The van der Waals surface area contributed by atoms with Gasteiger partial charge in [0.15, 0.2) is 0 Å². The van der Waals surface area contributed by atoms with E-state index in [2.05, 4.69) is 4.72 Å². The molecule has 2 aliphatic heterocycles. The summed E-state index contributed by atoms with van der Waals surface area (Å²) in [6.45, 7) is 0.167. The Morgan fingerprint density at radius 3 is 2.80 bits per heavy atom. The minimum Gasteiger partial charge on any atom is -0.373 e. The van der Waals surface area contributed by atoms with Crippen LogP contribution in [0.3, 0.4) is 0 Å². The minimum atomic E-state index is -3.89. The number of hydrogen-bond donors (Lipinski definition) is 2. The Labute approximate surface area is 117 Å². The van der Waals surface area contributed by atoms with E-state index in [1.807, 2.05) is 0 Å². The molecular weight excluding hydrogens is 283 g/mol. The monoisotopic (exact) mass is 300 g/mol. The summed E-state index contributed by atoms with van der Waals surface area (Å²) in [4.78, 5) is -0.344. The highest BCUT2D eigenvalue weighted by atomic mass is 32.2. The Morgan fingerprint density at radius 1 is 1.40 bits per heavy atom. The van der Waals surface area contributed by atoms with Crippen molar-refractivity contribution in [3.05, 3.63) is 29.6 Å². The first-order valence-corrected chi connectivity index (χ1v) is 8.14.